The van der Waals surface area contributed by atoms with Gasteiger partial charge in [-0.2, -0.15) is 0 Å². The fraction of sp³-hybridized carbons (Fsp3) is 0.274. The molecule has 2 aromatic heterocycles. The topological polar surface area (TPSA) is 141 Å². The minimum absolute atomic E-state index is 0. The van der Waals surface area contributed by atoms with Crippen molar-refractivity contribution in [3.05, 3.63) is 226 Å². The molecule has 0 N–H and O–H groups in total. The number of aliphatic imine (C=N–C) groups is 4. The molecule has 0 saturated carbocycles. The molecule has 425 valence electrons. The SMILES string of the molecule is C.C=CCO[SiH](c1ccccc1)c1ccccc1.C=CCO[Si](c1ccccc1)c1ccccc1.CN=C(C)c1cccc(C(C)=NC)n1.CN=C(C)c1cccc(C(C)=NC)n1.N#N.[CH2-][Si](C)(C)C.[CH2-][Si](C)(C)C.[CH3-].[Co+2].[Co]. The van der Waals surface area contributed by atoms with Gasteiger partial charge < -0.3 is 29.4 Å². The Morgan fingerprint density at radius 3 is 0.987 bits per heavy atom. The Morgan fingerprint density at radius 2 is 0.756 bits per heavy atom. The van der Waals surface area contributed by atoms with E-state index in [9.17, 15) is 0 Å². The number of benzene rings is 4. The van der Waals surface area contributed by atoms with Crippen LogP contribution in [0.15, 0.2) is 203 Å². The van der Waals surface area contributed by atoms with Crippen LogP contribution in [-0.2, 0) is 42.4 Å². The Morgan fingerprint density at radius 1 is 0.513 bits per heavy atom. The van der Waals surface area contributed by atoms with Crippen molar-refractivity contribution in [2.45, 2.75) is 74.4 Å². The summed E-state index contributed by atoms with van der Waals surface area (Å²) in [4.78, 5) is 25.3. The molecule has 3 radical (unpaired) electrons. The van der Waals surface area contributed by atoms with E-state index in [4.69, 9.17) is 19.6 Å². The average Bonchev–Trinajstić information content (AvgIpc) is 3.41. The summed E-state index contributed by atoms with van der Waals surface area (Å²) in [6, 6.07) is 53.5. The van der Waals surface area contributed by atoms with Crippen LogP contribution < -0.4 is 20.7 Å². The van der Waals surface area contributed by atoms with E-state index in [1.165, 1.54) is 20.7 Å². The average molecular weight is 1210 g/mol. The third-order valence-electron chi connectivity index (χ3n) is 9.33. The van der Waals surface area contributed by atoms with Gasteiger partial charge in [-0.3, -0.25) is 20.0 Å². The van der Waals surface area contributed by atoms with Crippen LogP contribution in [0.3, 0.4) is 0 Å². The monoisotopic (exact) mass is 1210 g/mol. The number of rotatable bonds is 14. The van der Waals surface area contributed by atoms with Crippen molar-refractivity contribution in [3.63, 3.8) is 0 Å². The van der Waals surface area contributed by atoms with E-state index in [0.29, 0.717) is 13.2 Å². The Bertz CT molecular complexity index is 2270. The summed E-state index contributed by atoms with van der Waals surface area (Å²) in [5, 5.41) is 17.2. The molecule has 16 heteroatoms. The van der Waals surface area contributed by atoms with Crippen molar-refractivity contribution in [3.8, 4) is 0 Å². The predicted octanol–water partition coefficient (Wildman–Crippen LogP) is 12.1. The first-order chi connectivity index (χ1) is 35.2. The zero-order valence-electron chi connectivity index (χ0n) is 48.5. The van der Waals surface area contributed by atoms with Crippen molar-refractivity contribution in [2.75, 3.05) is 41.4 Å². The van der Waals surface area contributed by atoms with E-state index < -0.39 is 34.2 Å². The standard InChI is InChI=1S/C15H16OSi.C15H15OSi.2C11H15N3.2C4H11Si.CH4.CH3.2Co.N2/c2*1-2-13-16-17(14-9-5-3-6-10-14)15-11-7-4-8-12-15;2*1-8(12-3)10-6-5-7-11(14-10)9(2)13-4;2*1-5(2,3)4;;;;;1-2/h2-12,17H,1,13H2;2-12H,1,13H2;2*5-7H,1-4H3;2*1H2,2-4H3;1H4;1H3;;;/q;;;;2*-1;;-1;;+2;. The van der Waals surface area contributed by atoms with E-state index in [2.05, 4.69) is 193 Å². The first kappa shape index (κ1) is 81.4. The maximum Gasteiger partial charge on any atom is 2.00 e. The third kappa shape index (κ3) is 38.2. The summed E-state index contributed by atoms with van der Waals surface area (Å²) in [6.07, 6.45) is 3.61. The van der Waals surface area contributed by atoms with Gasteiger partial charge in [-0.1, -0.05) is 192 Å². The minimum atomic E-state index is -1.54. The van der Waals surface area contributed by atoms with Gasteiger partial charge in [-0.15, -0.1) is 29.3 Å². The van der Waals surface area contributed by atoms with Crippen LogP contribution in [0.2, 0.25) is 39.3 Å². The minimum Gasteiger partial charge on any atom is -0.407 e. The first-order valence-corrected chi connectivity index (χ1v) is 34.8. The molecule has 0 unspecified atom stereocenters. The summed E-state index contributed by atoms with van der Waals surface area (Å²) in [6.45, 7) is 37.5. The van der Waals surface area contributed by atoms with Crippen molar-refractivity contribution >= 4 is 77.8 Å². The smallest absolute Gasteiger partial charge is 0.407 e. The van der Waals surface area contributed by atoms with Crippen LogP contribution in [0.1, 0.15) is 57.9 Å². The molecule has 0 saturated heterocycles. The maximum atomic E-state index is 6.00. The maximum absolute atomic E-state index is 6.00. The molecule has 0 amide bonds. The first-order valence-electron chi connectivity index (χ1n) is 24.3. The predicted molar refractivity (Wildman–Crippen MR) is 345 cm³/mol. The summed E-state index contributed by atoms with van der Waals surface area (Å²) < 4.78 is 11.9. The van der Waals surface area contributed by atoms with Crippen LogP contribution in [0, 0.1) is 31.3 Å². The van der Waals surface area contributed by atoms with E-state index in [-0.39, 0.29) is 48.4 Å². The molecule has 78 heavy (non-hydrogen) atoms. The molecular weight excluding hydrogens is 1120 g/mol. The summed E-state index contributed by atoms with van der Waals surface area (Å²) in [5.74, 6) is 0. The van der Waals surface area contributed by atoms with Crippen LogP contribution in [0.25, 0.3) is 0 Å². The summed E-state index contributed by atoms with van der Waals surface area (Å²) >= 11 is 0. The van der Waals surface area contributed by atoms with E-state index >= 15 is 0 Å². The molecular formula is C62H90Co2N8O2Si4-. The Balaban J connectivity index is -0.000000280. The van der Waals surface area contributed by atoms with Gasteiger partial charge in [0.05, 0.1) is 58.8 Å². The molecule has 0 atom stereocenters. The number of pyridine rings is 2. The van der Waals surface area contributed by atoms with Crippen LogP contribution in [-0.4, -0.2) is 108 Å². The molecule has 0 aliphatic carbocycles. The molecule has 10 nitrogen and oxygen atoms in total. The summed E-state index contributed by atoms with van der Waals surface area (Å²) in [5.41, 5.74) is 7.40. The molecule has 0 aliphatic rings. The fourth-order valence-electron chi connectivity index (χ4n) is 5.59. The van der Waals surface area contributed by atoms with Crippen LogP contribution >= 0.6 is 0 Å². The second kappa shape index (κ2) is 47.6. The second-order valence-electron chi connectivity index (χ2n) is 18.7. The zero-order chi connectivity index (χ0) is 56.0. The second-order valence-corrected chi connectivity index (χ2v) is 33.4. The summed E-state index contributed by atoms with van der Waals surface area (Å²) in [7, 11) is 2.68. The van der Waals surface area contributed by atoms with Crippen molar-refractivity contribution in [1.82, 2.24) is 9.97 Å². The van der Waals surface area contributed by atoms with Gasteiger partial charge in [0, 0.05) is 55.8 Å². The molecule has 0 fully saturated rings. The van der Waals surface area contributed by atoms with Gasteiger partial charge in [0.1, 0.15) is 0 Å². The third-order valence-corrected chi connectivity index (χ3v) is 14.0. The van der Waals surface area contributed by atoms with E-state index in [0.717, 1.165) is 45.6 Å². The van der Waals surface area contributed by atoms with Crippen LogP contribution in [0.5, 0.6) is 0 Å². The normalized spacial score (nSPS) is 10.8. The van der Waals surface area contributed by atoms with Gasteiger partial charge in [0.15, 0.2) is 0 Å². The Hall–Kier alpha value is -5.44. The van der Waals surface area contributed by atoms with Gasteiger partial charge in [0.2, 0.25) is 9.04 Å². The van der Waals surface area contributed by atoms with Crippen molar-refractivity contribution < 1.29 is 42.4 Å². The Kier molecular flexibility index (Phi) is 49.6. The van der Waals surface area contributed by atoms with Crippen LogP contribution in [0.4, 0.5) is 0 Å². The molecule has 6 rings (SSSR count). The molecule has 0 spiro atoms. The molecule has 0 aliphatic heterocycles. The van der Waals surface area contributed by atoms with Gasteiger partial charge in [-0.05, 0) is 72.7 Å². The van der Waals surface area contributed by atoms with E-state index in [1.54, 1.807) is 34.3 Å². The zero-order valence-corrected chi connectivity index (χ0v) is 54.8. The molecule has 2 heterocycles. The fourth-order valence-corrected chi connectivity index (χ4v) is 9.78. The van der Waals surface area contributed by atoms with Crippen molar-refractivity contribution in [2.24, 2.45) is 20.0 Å². The van der Waals surface area contributed by atoms with Crippen molar-refractivity contribution in [1.29, 1.82) is 10.8 Å². The molecule has 4 aromatic carbocycles. The number of nitrogens with zero attached hydrogens (tertiary/aromatic N) is 8. The number of hydrogen-bond donors (Lipinski definition) is 0. The van der Waals surface area contributed by atoms with Gasteiger partial charge >= 0.3 is 16.8 Å². The van der Waals surface area contributed by atoms with Gasteiger partial charge in [0.25, 0.3) is 9.04 Å². The molecule has 6 aromatic rings. The van der Waals surface area contributed by atoms with E-state index in [1.807, 2.05) is 94.4 Å². The largest absolute Gasteiger partial charge is 2.00 e. The Labute approximate surface area is 499 Å². The number of hydrogen-bond acceptors (Lipinski definition) is 10. The molecule has 0 bridgehead atoms. The van der Waals surface area contributed by atoms with Gasteiger partial charge in [-0.25, -0.2) is 9.97 Å². The quantitative estimate of drug-likeness (QED) is 0.0350. The number of aromatic nitrogens is 2.